The molecule has 1 aliphatic heterocycles. The molecule has 144 valence electrons. The summed E-state index contributed by atoms with van der Waals surface area (Å²) in [4.78, 5) is 14.6. The summed E-state index contributed by atoms with van der Waals surface area (Å²) < 4.78 is 24.6. The van der Waals surface area contributed by atoms with E-state index in [1.165, 1.54) is 23.1 Å². The maximum absolute atomic E-state index is 13.0. The van der Waals surface area contributed by atoms with Crippen LogP contribution in [0.2, 0.25) is 0 Å². The van der Waals surface area contributed by atoms with Gasteiger partial charge in [0, 0.05) is 11.7 Å². The highest BCUT2D eigenvalue weighted by atomic mass is 32.2. The molecule has 1 aliphatic carbocycles. The van der Waals surface area contributed by atoms with Gasteiger partial charge in [-0.2, -0.15) is 0 Å². The summed E-state index contributed by atoms with van der Waals surface area (Å²) in [6.45, 7) is 0. The van der Waals surface area contributed by atoms with Gasteiger partial charge in [0.05, 0.1) is 23.3 Å². The third-order valence-electron chi connectivity index (χ3n) is 4.51. The second kappa shape index (κ2) is 7.76. The summed E-state index contributed by atoms with van der Waals surface area (Å²) in [6, 6.07) is 9.47. The lowest BCUT2D eigenvalue weighted by Gasteiger charge is -2.28. The Morgan fingerprint density at radius 1 is 1.22 bits per heavy atom. The van der Waals surface area contributed by atoms with Crippen molar-refractivity contribution in [3.8, 4) is 0 Å². The average molecular weight is 425 g/mol. The SMILES string of the molecule is O=C(CSc1nnc(NC2CC2)s1)N(c1ccccc1)[C@@H]1CCS(=O)(=O)C1. The molecule has 4 rings (SSSR count). The monoisotopic (exact) mass is 424 g/mol. The van der Waals surface area contributed by atoms with Gasteiger partial charge in [0.15, 0.2) is 14.2 Å². The van der Waals surface area contributed by atoms with Crippen molar-refractivity contribution < 1.29 is 13.2 Å². The lowest BCUT2D eigenvalue weighted by Crippen LogP contribution is -2.42. The van der Waals surface area contributed by atoms with Crippen LogP contribution in [0.5, 0.6) is 0 Å². The Kier molecular flexibility index (Phi) is 5.38. The minimum absolute atomic E-state index is 0.0204. The number of hydrogen-bond acceptors (Lipinski definition) is 8. The van der Waals surface area contributed by atoms with E-state index in [4.69, 9.17) is 0 Å². The van der Waals surface area contributed by atoms with Gasteiger partial charge in [-0.25, -0.2) is 8.42 Å². The minimum atomic E-state index is -3.08. The molecule has 1 N–H and O–H groups in total. The normalized spacial score (nSPS) is 21.1. The molecule has 1 amide bonds. The molecule has 0 bridgehead atoms. The molecular formula is C17H20N4O3S3. The zero-order valence-corrected chi connectivity index (χ0v) is 17.0. The van der Waals surface area contributed by atoms with Crippen LogP contribution in [0.25, 0.3) is 0 Å². The highest BCUT2D eigenvalue weighted by Crippen LogP contribution is 2.31. The first-order chi connectivity index (χ1) is 13.0. The quantitative estimate of drug-likeness (QED) is 0.683. The Hall–Kier alpha value is -1.65. The third-order valence-corrected chi connectivity index (χ3v) is 8.23. The predicted molar refractivity (Wildman–Crippen MR) is 108 cm³/mol. The van der Waals surface area contributed by atoms with E-state index in [1.807, 2.05) is 30.3 Å². The molecule has 7 nitrogen and oxygen atoms in total. The van der Waals surface area contributed by atoms with Crippen molar-refractivity contribution in [2.45, 2.75) is 35.7 Å². The van der Waals surface area contributed by atoms with Gasteiger partial charge >= 0.3 is 0 Å². The molecule has 10 heteroatoms. The highest BCUT2D eigenvalue weighted by Gasteiger charge is 2.35. The van der Waals surface area contributed by atoms with E-state index in [0.29, 0.717) is 12.5 Å². The summed E-state index contributed by atoms with van der Waals surface area (Å²) in [5, 5.41) is 12.3. The lowest BCUT2D eigenvalue weighted by atomic mass is 10.2. The summed E-state index contributed by atoms with van der Waals surface area (Å²) in [5.74, 6) is 0.240. The number of anilines is 2. The van der Waals surface area contributed by atoms with E-state index >= 15 is 0 Å². The van der Waals surface area contributed by atoms with Crippen LogP contribution in [0.3, 0.4) is 0 Å². The number of sulfone groups is 1. The van der Waals surface area contributed by atoms with Crippen molar-refractivity contribution in [1.82, 2.24) is 10.2 Å². The van der Waals surface area contributed by atoms with Crippen LogP contribution in [0.4, 0.5) is 10.8 Å². The molecule has 1 atom stereocenters. The molecule has 1 saturated heterocycles. The Balaban J connectivity index is 1.44. The second-order valence-corrected chi connectivity index (χ2v) is 11.2. The number of hydrogen-bond donors (Lipinski definition) is 1. The van der Waals surface area contributed by atoms with Gasteiger partial charge < -0.3 is 10.2 Å². The van der Waals surface area contributed by atoms with E-state index in [0.717, 1.165) is 28.0 Å². The number of thioether (sulfide) groups is 1. The number of nitrogens with one attached hydrogen (secondary N) is 1. The van der Waals surface area contributed by atoms with Crippen molar-refractivity contribution in [2.24, 2.45) is 0 Å². The lowest BCUT2D eigenvalue weighted by molar-refractivity contribution is -0.116. The van der Waals surface area contributed by atoms with Gasteiger partial charge in [-0.1, -0.05) is 41.3 Å². The molecule has 0 radical (unpaired) electrons. The van der Waals surface area contributed by atoms with Crippen LogP contribution in [0.1, 0.15) is 19.3 Å². The Morgan fingerprint density at radius 3 is 2.67 bits per heavy atom. The third kappa shape index (κ3) is 4.80. The molecule has 27 heavy (non-hydrogen) atoms. The number of para-hydroxylation sites is 1. The van der Waals surface area contributed by atoms with Gasteiger partial charge in [-0.15, -0.1) is 10.2 Å². The number of rotatable bonds is 7. The zero-order valence-electron chi connectivity index (χ0n) is 14.6. The molecule has 2 aromatic rings. The van der Waals surface area contributed by atoms with E-state index in [2.05, 4.69) is 15.5 Å². The summed E-state index contributed by atoms with van der Waals surface area (Å²) >= 11 is 2.79. The molecular weight excluding hydrogens is 404 g/mol. The number of carbonyl (C=O) groups is 1. The van der Waals surface area contributed by atoms with Crippen LogP contribution in [0.15, 0.2) is 34.7 Å². The second-order valence-electron chi connectivity index (χ2n) is 6.74. The Labute approximate surface area is 166 Å². The summed E-state index contributed by atoms with van der Waals surface area (Å²) in [7, 11) is -3.08. The largest absolute Gasteiger partial charge is 0.357 e. The van der Waals surface area contributed by atoms with Crippen molar-refractivity contribution in [3.63, 3.8) is 0 Å². The van der Waals surface area contributed by atoms with Crippen LogP contribution in [-0.2, 0) is 14.6 Å². The Morgan fingerprint density at radius 2 is 2.00 bits per heavy atom. The van der Waals surface area contributed by atoms with E-state index in [9.17, 15) is 13.2 Å². The number of benzene rings is 1. The number of aromatic nitrogens is 2. The van der Waals surface area contributed by atoms with Crippen molar-refractivity contribution >= 4 is 49.7 Å². The van der Waals surface area contributed by atoms with Crippen LogP contribution in [0, 0.1) is 0 Å². The maximum atomic E-state index is 13.0. The number of carbonyl (C=O) groups excluding carboxylic acids is 1. The molecule has 0 unspecified atom stereocenters. The first-order valence-corrected chi connectivity index (χ1v) is 12.4. The molecule has 2 heterocycles. The fraction of sp³-hybridized carbons (Fsp3) is 0.471. The molecule has 2 aliphatic rings. The topological polar surface area (TPSA) is 92.3 Å². The van der Waals surface area contributed by atoms with Gasteiger partial charge in [0.2, 0.25) is 11.0 Å². The molecule has 0 spiro atoms. The van der Waals surface area contributed by atoms with Gasteiger partial charge in [0.1, 0.15) is 0 Å². The zero-order chi connectivity index (χ0) is 18.9. The summed E-state index contributed by atoms with van der Waals surface area (Å²) in [6.07, 6.45) is 2.80. The molecule has 1 aromatic carbocycles. The molecule has 2 fully saturated rings. The van der Waals surface area contributed by atoms with E-state index in [1.54, 1.807) is 4.90 Å². The fourth-order valence-electron chi connectivity index (χ4n) is 3.05. The highest BCUT2D eigenvalue weighted by molar-refractivity contribution is 8.01. The van der Waals surface area contributed by atoms with Crippen molar-refractivity contribution in [2.75, 3.05) is 27.5 Å². The van der Waals surface area contributed by atoms with E-state index in [-0.39, 0.29) is 29.2 Å². The van der Waals surface area contributed by atoms with E-state index < -0.39 is 9.84 Å². The maximum Gasteiger partial charge on any atom is 0.237 e. The van der Waals surface area contributed by atoms with Crippen molar-refractivity contribution in [1.29, 1.82) is 0 Å². The number of nitrogens with zero attached hydrogens (tertiary/aromatic N) is 3. The average Bonchev–Trinajstić information content (AvgIpc) is 3.23. The fourth-order valence-corrected chi connectivity index (χ4v) is 6.44. The van der Waals surface area contributed by atoms with Gasteiger partial charge in [-0.3, -0.25) is 4.79 Å². The van der Waals surface area contributed by atoms with Gasteiger partial charge in [0.25, 0.3) is 0 Å². The molecule has 1 aromatic heterocycles. The predicted octanol–water partition coefficient (Wildman–Crippen LogP) is 2.42. The van der Waals surface area contributed by atoms with Gasteiger partial charge in [-0.05, 0) is 31.4 Å². The number of amides is 1. The first-order valence-electron chi connectivity index (χ1n) is 8.80. The smallest absolute Gasteiger partial charge is 0.237 e. The van der Waals surface area contributed by atoms with Crippen molar-refractivity contribution in [3.05, 3.63) is 30.3 Å². The first kappa shape index (κ1) is 18.7. The van der Waals surface area contributed by atoms with Crippen LogP contribution < -0.4 is 10.2 Å². The molecule has 1 saturated carbocycles. The standard InChI is InChI=1S/C17H20N4O3S3/c22-15(10-25-17-20-19-16(26-17)18-12-6-7-12)21(13-4-2-1-3-5-13)14-8-9-27(23,24)11-14/h1-5,12,14H,6-11H2,(H,18,19)/t14-/m1/s1. The minimum Gasteiger partial charge on any atom is -0.357 e. The Bertz CT molecular complexity index is 913. The summed E-state index contributed by atoms with van der Waals surface area (Å²) in [5.41, 5.74) is 0.735. The van der Waals surface area contributed by atoms with Crippen LogP contribution >= 0.6 is 23.1 Å². The van der Waals surface area contributed by atoms with Crippen LogP contribution in [-0.4, -0.2) is 53.9 Å².